The number of benzene rings is 2. The van der Waals surface area contributed by atoms with Crippen molar-refractivity contribution in [3.05, 3.63) is 65.7 Å². The van der Waals surface area contributed by atoms with E-state index in [4.69, 9.17) is 0 Å². The first-order chi connectivity index (χ1) is 15.5. The lowest BCUT2D eigenvalue weighted by Crippen LogP contribution is -2.64. The lowest BCUT2D eigenvalue weighted by atomic mass is 9.91. The van der Waals surface area contributed by atoms with E-state index < -0.39 is 5.54 Å². The first-order valence-corrected chi connectivity index (χ1v) is 11.3. The number of nitrogens with zero attached hydrogens (tertiary/aromatic N) is 3. The second kappa shape index (κ2) is 8.04. The van der Waals surface area contributed by atoms with E-state index in [1.54, 1.807) is 17.0 Å². The Morgan fingerprint density at radius 3 is 2.59 bits per heavy atom. The lowest BCUT2D eigenvalue weighted by molar-refractivity contribution is -0.134. The van der Waals surface area contributed by atoms with Crippen LogP contribution in [0.5, 0.6) is 0 Å². The molecule has 7 heteroatoms. The first-order valence-electron chi connectivity index (χ1n) is 11.3. The smallest absolute Gasteiger partial charge is 0.291 e. The van der Waals surface area contributed by atoms with Crippen LogP contribution in [0.1, 0.15) is 55.2 Å². The standard InChI is InChI=1S/C25H27FN4O2/c1-25(24(32)27-19-7-3-2-4-8-19)16-29-21-10-6-5-9-20(21)28-22(29)23(31)30(25)15-17-11-13-18(26)14-12-17/h5-6,9-14,19H,2-4,7-8,15-16H2,1H3,(H,27,32)/t25-/m0/s1. The molecule has 0 bridgehead atoms. The maximum Gasteiger partial charge on any atom is 0.291 e. The van der Waals surface area contributed by atoms with Gasteiger partial charge in [0.25, 0.3) is 5.91 Å². The van der Waals surface area contributed by atoms with Crippen LogP contribution in [0.3, 0.4) is 0 Å². The van der Waals surface area contributed by atoms with Gasteiger partial charge in [0.15, 0.2) is 5.82 Å². The third-order valence-electron chi connectivity index (χ3n) is 6.84. The van der Waals surface area contributed by atoms with Crippen molar-refractivity contribution in [2.45, 2.75) is 63.7 Å². The second-order valence-electron chi connectivity index (χ2n) is 9.11. The minimum absolute atomic E-state index is 0.136. The number of imidazole rings is 1. The van der Waals surface area contributed by atoms with Crippen LogP contribution >= 0.6 is 0 Å². The van der Waals surface area contributed by atoms with Crippen LogP contribution in [-0.4, -0.2) is 37.8 Å². The number of fused-ring (bicyclic) bond motifs is 3. The van der Waals surface area contributed by atoms with Crippen LogP contribution in [0.4, 0.5) is 4.39 Å². The molecular weight excluding hydrogens is 407 g/mol. The highest BCUT2D eigenvalue weighted by Gasteiger charge is 2.48. The SMILES string of the molecule is C[C@@]1(C(=O)NC2CCCCC2)Cn2c(nc3ccccc32)C(=O)N1Cc1ccc(F)cc1. The van der Waals surface area contributed by atoms with Gasteiger partial charge in [-0.3, -0.25) is 9.59 Å². The van der Waals surface area contributed by atoms with Gasteiger partial charge in [0.2, 0.25) is 5.91 Å². The van der Waals surface area contributed by atoms with Crippen molar-refractivity contribution in [2.24, 2.45) is 0 Å². The summed E-state index contributed by atoms with van der Waals surface area (Å²) in [6.45, 7) is 2.34. The Labute approximate surface area is 186 Å². The Balaban J connectivity index is 1.54. The number of nitrogens with one attached hydrogen (secondary N) is 1. The molecule has 6 nitrogen and oxygen atoms in total. The van der Waals surface area contributed by atoms with E-state index in [1.807, 2.05) is 35.8 Å². The summed E-state index contributed by atoms with van der Waals surface area (Å²) in [5.74, 6) is -0.448. The molecule has 0 radical (unpaired) electrons. The van der Waals surface area contributed by atoms with Crippen LogP contribution in [-0.2, 0) is 17.9 Å². The monoisotopic (exact) mass is 434 g/mol. The second-order valence-corrected chi connectivity index (χ2v) is 9.11. The van der Waals surface area contributed by atoms with Gasteiger partial charge < -0.3 is 14.8 Å². The number of hydrogen-bond donors (Lipinski definition) is 1. The molecule has 1 atom stereocenters. The maximum atomic E-state index is 13.7. The van der Waals surface area contributed by atoms with Gasteiger partial charge in [-0.05, 0) is 49.6 Å². The highest BCUT2D eigenvalue weighted by atomic mass is 19.1. The Morgan fingerprint density at radius 2 is 1.84 bits per heavy atom. The molecule has 2 amide bonds. The normalized spacial score (nSPS) is 21.6. The molecule has 1 N–H and O–H groups in total. The van der Waals surface area contributed by atoms with E-state index in [0.29, 0.717) is 12.4 Å². The average molecular weight is 435 g/mol. The van der Waals surface area contributed by atoms with Gasteiger partial charge in [-0.25, -0.2) is 9.37 Å². The van der Waals surface area contributed by atoms with Crippen LogP contribution < -0.4 is 5.32 Å². The number of rotatable bonds is 4. The molecule has 2 heterocycles. The lowest BCUT2D eigenvalue weighted by Gasteiger charge is -2.44. The number of carbonyl (C=O) groups excluding carboxylic acids is 2. The molecule has 1 aliphatic carbocycles. The summed E-state index contributed by atoms with van der Waals surface area (Å²) in [5, 5.41) is 3.22. The van der Waals surface area contributed by atoms with E-state index >= 15 is 0 Å². The first kappa shape index (κ1) is 20.7. The minimum Gasteiger partial charge on any atom is -0.351 e. The number of para-hydroxylation sites is 2. The Kier molecular flexibility index (Phi) is 5.19. The van der Waals surface area contributed by atoms with Gasteiger partial charge in [0, 0.05) is 12.6 Å². The highest BCUT2D eigenvalue weighted by Crippen LogP contribution is 2.32. The largest absolute Gasteiger partial charge is 0.351 e. The van der Waals surface area contributed by atoms with Crippen LogP contribution in [0.15, 0.2) is 48.5 Å². The molecule has 3 aromatic rings. The number of amides is 2. The minimum atomic E-state index is -1.10. The van der Waals surface area contributed by atoms with Gasteiger partial charge in [-0.1, -0.05) is 43.5 Å². The van der Waals surface area contributed by atoms with Crippen molar-refractivity contribution in [1.82, 2.24) is 19.8 Å². The van der Waals surface area contributed by atoms with Crippen molar-refractivity contribution < 1.29 is 14.0 Å². The number of halogens is 1. The van der Waals surface area contributed by atoms with Crippen LogP contribution in [0.25, 0.3) is 11.0 Å². The van der Waals surface area contributed by atoms with E-state index in [2.05, 4.69) is 10.3 Å². The molecule has 166 valence electrons. The summed E-state index contributed by atoms with van der Waals surface area (Å²) in [4.78, 5) is 33.5. The Hall–Kier alpha value is -3.22. The Bertz CT molecular complexity index is 1170. The van der Waals surface area contributed by atoms with Gasteiger partial charge in [-0.2, -0.15) is 0 Å². The molecule has 32 heavy (non-hydrogen) atoms. The van der Waals surface area contributed by atoms with Crippen molar-refractivity contribution in [2.75, 3.05) is 0 Å². The molecule has 0 unspecified atom stereocenters. The van der Waals surface area contributed by atoms with Gasteiger partial charge >= 0.3 is 0 Å². The van der Waals surface area contributed by atoms with Crippen LogP contribution in [0.2, 0.25) is 0 Å². The Morgan fingerprint density at radius 1 is 1.12 bits per heavy atom. The molecule has 0 saturated heterocycles. The zero-order valence-electron chi connectivity index (χ0n) is 18.2. The fraction of sp³-hybridized carbons (Fsp3) is 0.400. The fourth-order valence-corrected chi connectivity index (χ4v) is 4.94. The number of hydrogen-bond acceptors (Lipinski definition) is 3. The summed E-state index contributed by atoms with van der Waals surface area (Å²) in [7, 11) is 0. The van der Waals surface area contributed by atoms with Crippen molar-refractivity contribution in [1.29, 1.82) is 0 Å². The molecule has 2 aromatic carbocycles. The average Bonchev–Trinajstić information content (AvgIpc) is 3.17. The summed E-state index contributed by atoms with van der Waals surface area (Å²) >= 11 is 0. The third kappa shape index (κ3) is 3.55. The van der Waals surface area contributed by atoms with E-state index in [9.17, 15) is 14.0 Å². The van der Waals surface area contributed by atoms with Gasteiger partial charge in [-0.15, -0.1) is 0 Å². The number of aromatic nitrogens is 2. The topological polar surface area (TPSA) is 67.2 Å². The van der Waals surface area contributed by atoms with Crippen molar-refractivity contribution >= 4 is 22.8 Å². The molecular formula is C25H27FN4O2. The molecule has 1 fully saturated rings. The van der Waals surface area contributed by atoms with Crippen molar-refractivity contribution in [3.8, 4) is 0 Å². The zero-order chi connectivity index (χ0) is 22.3. The fourth-order valence-electron chi connectivity index (χ4n) is 4.94. The highest BCUT2D eigenvalue weighted by molar-refractivity contribution is 6.01. The van der Waals surface area contributed by atoms with Crippen LogP contribution in [0, 0.1) is 5.82 Å². The summed E-state index contributed by atoms with van der Waals surface area (Å²) in [6, 6.07) is 13.8. The summed E-state index contributed by atoms with van der Waals surface area (Å²) in [5.41, 5.74) is 1.24. The van der Waals surface area contributed by atoms with Gasteiger partial charge in [0.05, 0.1) is 17.6 Å². The summed E-state index contributed by atoms with van der Waals surface area (Å²) in [6.07, 6.45) is 5.34. The predicted octanol–water partition coefficient (Wildman–Crippen LogP) is 4.04. The zero-order valence-corrected chi connectivity index (χ0v) is 18.2. The number of carbonyl (C=O) groups is 2. The molecule has 1 aromatic heterocycles. The quantitative estimate of drug-likeness (QED) is 0.674. The van der Waals surface area contributed by atoms with Crippen molar-refractivity contribution in [3.63, 3.8) is 0 Å². The van der Waals surface area contributed by atoms with E-state index in [1.165, 1.54) is 18.6 Å². The van der Waals surface area contributed by atoms with E-state index in [-0.39, 0.29) is 30.2 Å². The molecule has 1 saturated carbocycles. The predicted molar refractivity (Wildman–Crippen MR) is 119 cm³/mol. The molecule has 5 rings (SSSR count). The third-order valence-corrected chi connectivity index (χ3v) is 6.84. The maximum absolute atomic E-state index is 13.7. The molecule has 1 aliphatic heterocycles. The molecule has 0 spiro atoms. The van der Waals surface area contributed by atoms with Gasteiger partial charge in [0.1, 0.15) is 11.4 Å². The van der Waals surface area contributed by atoms with E-state index in [0.717, 1.165) is 42.3 Å². The summed E-state index contributed by atoms with van der Waals surface area (Å²) < 4.78 is 15.3. The molecule has 2 aliphatic rings.